The molecule has 0 aromatic rings. The summed E-state index contributed by atoms with van der Waals surface area (Å²) < 4.78 is 0. The summed E-state index contributed by atoms with van der Waals surface area (Å²) in [6.07, 6.45) is -0.326. The minimum Gasteiger partial charge on any atom is -0.390 e. The topological polar surface area (TPSA) is 49.5 Å². The van der Waals surface area contributed by atoms with Gasteiger partial charge in [0, 0.05) is 26.2 Å². The molecule has 10 heavy (non-hydrogen) atoms. The quantitative estimate of drug-likeness (QED) is 0.548. The van der Waals surface area contributed by atoms with E-state index < -0.39 is 0 Å². The Morgan fingerprint density at radius 3 is 2.70 bits per heavy atom. The molecule has 60 valence electrons. The Morgan fingerprint density at radius 2 is 2.30 bits per heavy atom. The summed E-state index contributed by atoms with van der Waals surface area (Å²) in [7, 11) is 0. The van der Waals surface area contributed by atoms with Crippen molar-refractivity contribution in [3.8, 4) is 0 Å². The maximum absolute atomic E-state index is 9.11. The molecule has 1 atom stereocenters. The SMILES string of the molecule is CC1CN(CC(O)CN)C1. The Labute approximate surface area is 61.8 Å². The zero-order valence-electron chi connectivity index (χ0n) is 6.45. The van der Waals surface area contributed by atoms with Gasteiger partial charge in [0.25, 0.3) is 0 Å². The van der Waals surface area contributed by atoms with Crippen LogP contribution in [-0.2, 0) is 0 Å². The van der Waals surface area contributed by atoms with Gasteiger partial charge in [0.05, 0.1) is 6.10 Å². The van der Waals surface area contributed by atoms with Crippen LogP contribution in [0.25, 0.3) is 0 Å². The molecule has 0 aromatic carbocycles. The molecule has 0 bridgehead atoms. The predicted octanol–water partition coefficient (Wildman–Crippen LogP) is -0.742. The summed E-state index contributed by atoms with van der Waals surface area (Å²) >= 11 is 0. The van der Waals surface area contributed by atoms with Crippen molar-refractivity contribution in [2.24, 2.45) is 11.7 Å². The first-order valence-corrected chi connectivity index (χ1v) is 3.83. The second-order valence-electron chi connectivity index (χ2n) is 3.21. The van der Waals surface area contributed by atoms with Crippen molar-refractivity contribution in [2.75, 3.05) is 26.2 Å². The highest BCUT2D eigenvalue weighted by molar-refractivity contribution is 4.78. The van der Waals surface area contributed by atoms with Crippen molar-refractivity contribution in [3.05, 3.63) is 0 Å². The van der Waals surface area contributed by atoms with Crippen LogP contribution in [0.4, 0.5) is 0 Å². The fourth-order valence-electron chi connectivity index (χ4n) is 1.35. The van der Waals surface area contributed by atoms with E-state index in [4.69, 9.17) is 10.8 Å². The zero-order chi connectivity index (χ0) is 7.56. The monoisotopic (exact) mass is 144 g/mol. The Kier molecular flexibility index (Phi) is 2.65. The van der Waals surface area contributed by atoms with E-state index in [2.05, 4.69) is 11.8 Å². The van der Waals surface area contributed by atoms with E-state index in [1.807, 2.05) is 0 Å². The van der Waals surface area contributed by atoms with E-state index in [1.165, 1.54) is 0 Å². The number of likely N-dealkylation sites (tertiary alicyclic amines) is 1. The third kappa shape index (κ3) is 1.94. The number of rotatable bonds is 3. The molecule has 0 radical (unpaired) electrons. The third-order valence-electron chi connectivity index (χ3n) is 1.88. The summed E-state index contributed by atoms with van der Waals surface area (Å²) in [6, 6.07) is 0. The largest absolute Gasteiger partial charge is 0.390 e. The van der Waals surface area contributed by atoms with Crippen molar-refractivity contribution in [1.29, 1.82) is 0 Å². The number of β-amino-alcohol motifs (C(OH)–C–C–N with tert-alkyl or cyclic N) is 1. The van der Waals surface area contributed by atoms with E-state index in [9.17, 15) is 0 Å². The molecule has 1 unspecified atom stereocenters. The molecular weight excluding hydrogens is 128 g/mol. The van der Waals surface area contributed by atoms with Gasteiger partial charge in [0.1, 0.15) is 0 Å². The minimum absolute atomic E-state index is 0.326. The smallest absolute Gasteiger partial charge is 0.0789 e. The van der Waals surface area contributed by atoms with Gasteiger partial charge in [-0.2, -0.15) is 0 Å². The molecule has 1 saturated heterocycles. The van der Waals surface area contributed by atoms with Crippen LogP contribution in [0.1, 0.15) is 6.92 Å². The normalized spacial score (nSPS) is 24.3. The Balaban J connectivity index is 2.04. The molecule has 0 aliphatic carbocycles. The number of aliphatic hydroxyl groups excluding tert-OH is 1. The van der Waals surface area contributed by atoms with Gasteiger partial charge in [-0.05, 0) is 5.92 Å². The second-order valence-corrected chi connectivity index (χ2v) is 3.21. The van der Waals surface area contributed by atoms with E-state index in [0.29, 0.717) is 6.54 Å². The van der Waals surface area contributed by atoms with Crippen molar-refractivity contribution in [2.45, 2.75) is 13.0 Å². The van der Waals surface area contributed by atoms with Gasteiger partial charge >= 0.3 is 0 Å². The molecular formula is C7H16N2O. The van der Waals surface area contributed by atoms with Crippen LogP contribution < -0.4 is 5.73 Å². The van der Waals surface area contributed by atoms with Crippen LogP contribution in [0.3, 0.4) is 0 Å². The number of nitrogens with two attached hydrogens (primary N) is 1. The number of nitrogens with zero attached hydrogens (tertiary/aromatic N) is 1. The summed E-state index contributed by atoms with van der Waals surface area (Å²) in [6.45, 7) is 5.59. The van der Waals surface area contributed by atoms with Gasteiger partial charge in [-0.1, -0.05) is 6.92 Å². The van der Waals surface area contributed by atoms with Crippen LogP contribution in [0.15, 0.2) is 0 Å². The van der Waals surface area contributed by atoms with Gasteiger partial charge in [-0.15, -0.1) is 0 Å². The lowest BCUT2D eigenvalue weighted by Crippen LogP contribution is -2.49. The molecule has 1 aliphatic heterocycles. The van der Waals surface area contributed by atoms with Gasteiger partial charge < -0.3 is 15.7 Å². The number of aliphatic hydroxyl groups is 1. The lowest BCUT2D eigenvalue weighted by molar-refractivity contribution is 0.0506. The van der Waals surface area contributed by atoms with Crippen molar-refractivity contribution in [1.82, 2.24) is 4.90 Å². The highest BCUT2D eigenvalue weighted by Gasteiger charge is 2.23. The molecule has 3 N–H and O–H groups in total. The standard InChI is InChI=1S/C7H16N2O/c1-6-3-9(4-6)5-7(10)2-8/h6-7,10H,2-5,8H2,1H3. The molecule has 0 aromatic heterocycles. The third-order valence-corrected chi connectivity index (χ3v) is 1.88. The molecule has 0 saturated carbocycles. The van der Waals surface area contributed by atoms with Crippen LogP contribution in [0.5, 0.6) is 0 Å². The van der Waals surface area contributed by atoms with Crippen LogP contribution in [0, 0.1) is 5.92 Å². The maximum atomic E-state index is 9.11. The van der Waals surface area contributed by atoms with Crippen molar-refractivity contribution >= 4 is 0 Å². The van der Waals surface area contributed by atoms with E-state index in [0.717, 1.165) is 25.6 Å². The molecule has 1 rings (SSSR count). The first-order valence-electron chi connectivity index (χ1n) is 3.83. The van der Waals surface area contributed by atoms with Gasteiger partial charge in [0.15, 0.2) is 0 Å². The molecule has 3 heteroatoms. The molecule has 1 aliphatic rings. The predicted molar refractivity (Wildman–Crippen MR) is 40.7 cm³/mol. The Bertz CT molecular complexity index is 102. The lowest BCUT2D eigenvalue weighted by Gasteiger charge is -2.38. The van der Waals surface area contributed by atoms with Gasteiger partial charge in [-0.25, -0.2) is 0 Å². The van der Waals surface area contributed by atoms with Gasteiger partial charge in [-0.3, -0.25) is 0 Å². The van der Waals surface area contributed by atoms with Crippen LogP contribution >= 0.6 is 0 Å². The van der Waals surface area contributed by atoms with Crippen molar-refractivity contribution < 1.29 is 5.11 Å². The summed E-state index contributed by atoms with van der Waals surface area (Å²) in [5.41, 5.74) is 5.26. The first-order chi connectivity index (χ1) is 4.72. The number of hydrogen-bond donors (Lipinski definition) is 2. The minimum atomic E-state index is -0.326. The van der Waals surface area contributed by atoms with Crippen LogP contribution in [0.2, 0.25) is 0 Å². The molecule has 0 spiro atoms. The second kappa shape index (κ2) is 3.32. The maximum Gasteiger partial charge on any atom is 0.0789 e. The Hall–Kier alpha value is -0.120. The first kappa shape index (κ1) is 7.98. The fraction of sp³-hybridized carbons (Fsp3) is 1.00. The zero-order valence-corrected chi connectivity index (χ0v) is 6.45. The fourth-order valence-corrected chi connectivity index (χ4v) is 1.35. The summed E-state index contributed by atoms with van der Waals surface area (Å²) in [5.74, 6) is 0.810. The molecule has 3 nitrogen and oxygen atoms in total. The number of hydrogen-bond acceptors (Lipinski definition) is 3. The highest BCUT2D eigenvalue weighted by atomic mass is 16.3. The Morgan fingerprint density at radius 1 is 1.70 bits per heavy atom. The molecule has 1 fully saturated rings. The molecule has 0 amide bonds. The van der Waals surface area contributed by atoms with Crippen LogP contribution in [-0.4, -0.2) is 42.3 Å². The van der Waals surface area contributed by atoms with Crippen molar-refractivity contribution in [3.63, 3.8) is 0 Å². The van der Waals surface area contributed by atoms with Gasteiger partial charge in [0.2, 0.25) is 0 Å². The summed E-state index contributed by atoms with van der Waals surface area (Å²) in [5, 5.41) is 9.11. The molecule has 1 heterocycles. The lowest BCUT2D eigenvalue weighted by atomic mass is 10.0. The van der Waals surface area contributed by atoms with E-state index in [-0.39, 0.29) is 6.10 Å². The summed E-state index contributed by atoms with van der Waals surface area (Å²) in [4.78, 5) is 2.22. The highest BCUT2D eigenvalue weighted by Crippen LogP contribution is 2.13. The van der Waals surface area contributed by atoms with E-state index >= 15 is 0 Å². The average molecular weight is 144 g/mol. The van der Waals surface area contributed by atoms with E-state index in [1.54, 1.807) is 0 Å². The average Bonchev–Trinajstić information content (AvgIpc) is 1.84.